The number of nitrogens with zero attached hydrogens (tertiary/aromatic N) is 4. The first-order valence-electron chi connectivity index (χ1n) is 7.65. The van der Waals surface area contributed by atoms with Gasteiger partial charge in [-0.1, -0.05) is 13.5 Å². The summed E-state index contributed by atoms with van der Waals surface area (Å²) in [6, 6.07) is 2.94. The number of amides is 1. The zero-order valence-corrected chi connectivity index (χ0v) is 13.7. The van der Waals surface area contributed by atoms with E-state index in [9.17, 15) is 9.59 Å². The molecule has 0 aliphatic carbocycles. The van der Waals surface area contributed by atoms with Crippen LogP contribution in [0.25, 0.3) is 11.3 Å². The summed E-state index contributed by atoms with van der Waals surface area (Å²) in [6.07, 6.45) is 3.97. The summed E-state index contributed by atoms with van der Waals surface area (Å²) >= 11 is 0. The first-order chi connectivity index (χ1) is 11.5. The highest BCUT2D eigenvalue weighted by Gasteiger charge is 2.08. The number of anilines is 1. The molecule has 0 saturated carbocycles. The lowest BCUT2D eigenvalue weighted by Gasteiger charge is -2.08. The van der Waals surface area contributed by atoms with Crippen LogP contribution < -0.4 is 16.2 Å². The molecule has 0 unspecified atom stereocenters. The van der Waals surface area contributed by atoms with Crippen LogP contribution in [-0.2, 0) is 11.3 Å². The first kappa shape index (κ1) is 17.3. The van der Waals surface area contributed by atoms with E-state index in [0.29, 0.717) is 23.8 Å². The van der Waals surface area contributed by atoms with Crippen molar-refractivity contribution in [3.05, 3.63) is 47.2 Å². The Morgan fingerprint density at radius 3 is 2.58 bits per heavy atom. The van der Waals surface area contributed by atoms with Gasteiger partial charge in [0.2, 0.25) is 11.9 Å². The molecule has 126 valence electrons. The van der Waals surface area contributed by atoms with Crippen molar-refractivity contribution < 1.29 is 4.79 Å². The van der Waals surface area contributed by atoms with Gasteiger partial charge in [0.05, 0.1) is 5.69 Å². The Balaban J connectivity index is 2.21. The number of hydrogen-bond donors (Lipinski definition) is 2. The fourth-order valence-electron chi connectivity index (χ4n) is 1.88. The molecule has 2 heterocycles. The molecule has 0 saturated heterocycles. The summed E-state index contributed by atoms with van der Waals surface area (Å²) in [7, 11) is 0. The van der Waals surface area contributed by atoms with E-state index in [4.69, 9.17) is 0 Å². The molecular weight excluding hydrogens is 308 g/mol. The monoisotopic (exact) mass is 328 g/mol. The quantitative estimate of drug-likeness (QED) is 0.791. The SMILES string of the molecule is C=C(CC)Nc1ncc(-c2ccc(=O)n(CC(=O)NCC)n2)cn1. The van der Waals surface area contributed by atoms with Crippen molar-refractivity contribution in [2.75, 3.05) is 11.9 Å². The summed E-state index contributed by atoms with van der Waals surface area (Å²) < 4.78 is 1.12. The van der Waals surface area contributed by atoms with Crippen molar-refractivity contribution in [2.24, 2.45) is 0 Å². The molecule has 0 aromatic carbocycles. The number of nitrogens with one attached hydrogen (secondary N) is 2. The van der Waals surface area contributed by atoms with Gasteiger partial charge in [0.1, 0.15) is 6.54 Å². The van der Waals surface area contributed by atoms with Crippen LogP contribution in [0.1, 0.15) is 20.3 Å². The van der Waals surface area contributed by atoms with Gasteiger partial charge in [0.25, 0.3) is 5.56 Å². The zero-order chi connectivity index (χ0) is 17.5. The number of carbonyl (C=O) groups is 1. The predicted molar refractivity (Wildman–Crippen MR) is 91.3 cm³/mol. The van der Waals surface area contributed by atoms with Gasteiger partial charge in [0, 0.05) is 36.3 Å². The highest BCUT2D eigenvalue weighted by Crippen LogP contribution is 2.14. The molecular formula is C16H20N6O2. The van der Waals surface area contributed by atoms with Crippen molar-refractivity contribution in [1.82, 2.24) is 25.1 Å². The second-order valence-corrected chi connectivity index (χ2v) is 5.05. The Bertz CT molecular complexity index is 782. The molecule has 8 nitrogen and oxygen atoms in total. The highest BCUT2D eigenvalue weighted by atomic mass is 16.2. The zero-order valence-electron chi connectivity index (χ0n) is 13.7. The maximum absolute atomic E-state index is 11.8. The van der Waals surface area contributed by atoms with Crippen molar-refractivity contribution in [1.29, 1.82) is 0 Å². The molecule has 2 N–H and O–H groups in total. The lowest BCUT2D eigenvalue weighted by molar-refractivity contribution is -0.121. The number of aromatic nitrogens is 4. The van der Waals surface area contributed by atoms with Crippen molar-refractivity contribution in [3.63, 3.8) is 0 Å². The molecule has 0 bridgehead atoms. The van der Waals surface area contributed by atoms with Gasteiger partial charge in [0.15, 0.2) is 0 Å². The molecule has 1 amide bonds. The Morgan fingerprint density at radius 1 is 1.25 bits per heavy atom. The highest BCUT2D eigenvalue weighted by molar-refractivity contribution is 5.75. The van der Waals surface area contributed by atoms with Crippen LogP contribution in [-0.4, -0.2) is 32.2 Å². The van der Waals surface area contributed by atoms with Gasteiger partial charge < -0.3 is 10.6 Å². The Kier molecular flexibility index (Phi) is 5.78. The minimum Gasteiger partial charge on any atom is -0.355 e. The van der Waals surface area contributed by atoms with E-state index in [1.165, 1.54) is 6.07 Å². The third-order valence-electron chi connectivity index (χ3n) is 3.20. The number of hydrogen-bond acceptors (Lipinski definition) is 6. The number of rotatable bonds is 7. The van der Waals surface area contributed by atoms with Crippen LogP contribution in [0.5, 0.6) is 0 Å². The third-order valence-corrected chi connectivity index (χ3v) is 3.20. The molecule has 2 aromatic rings. The van der Waals surface area contributed by atoms with E-state index in [-0.39, 0.29) is 18.0 Å². The molecule has 0 aliphatic rings. The molecule has 0 fully saturated rings. The van der Waals surface area contributed by atoms with E-state index in [2.05, 4.69) is 32.3 Å². The van der Waals surface area contributed by atoms with Gasteiger partial charge in [-0.05, 0) is 19.4 Å². The second kappa shape index (κ2) is 8.00. The fourth-order valence-corrected chi connectivity index (χ4v) is 1.88. The van der Waals surface area contributed by atoms with Crippen molar-refractivity contribution in [3.8, 4) is 11.3 Å². The summed E-state index contributed by atoms with van der Waals surface area (Å²) in [5.74, 6) is 0.180. The average Bonchev–Trinajstić information content (AvgIpc) is 2.57. The van der Waals surface area contributed by atoms with Gasteiger partial charge >= 0.3 is 0 Å². The van der Waals surface area contributed by atoms with Crippen LogP contribution in [0.3, 0.4) is 0 Å². The molecule has 2 rings (SSSR count). The number of allylic oxidation sites excluding steroid dienone is 1. The largest absolute Gasteiger partial charge is 0.355 e. The van der Waals surface area contributed by atoms with Gasteiger partial charge in [-0.2, -0.15) is 5.10 Å². The molecule has 8 heteroatoms. The van der Waals surface area contributed by atoms with E-state index in [0.717, 1.165) is 16.8 Å². The normalized spacial score (nSPS) is 10.2. The topological polar surface area (TPSA) is 102 Å². The van der Waals surface area contributed by atoms with E-state index < -0.39 is 0 Å². The summed E-state index contributed by atoms with van der Waals surface area (Å²) in [5.41, 5.74) is 1.63. The van der Waals surface area contributed by atoms with Crippen LogP contribution >= 0.6 is 0 Å². The summed E-state index contributed by atoms with van der Waals surface area (Å²) in [6.45, 7) is 7.99. The van der Waals surface area contributed by atoms with Crippen LogP contribution in [0.2, 0.25) is 0 Å². The lowest BCUT2D eigenvalue weighted by atomic mass is 10.2. The molecule has 0 aliphatic heterocycles. The number of carbonyl (C=O) groups excluding carboxylic acids is 1. The van der Waals surface area contributed by atoms with Crippen LogP contribution in [0, 0.1) is 0 Å². The van der Waals surface area contributed by atoms with Crippen LogP contribution in [0.4, 0.5) is 5.95 Å². The Morgan fingerprint density at radius 2 is 1.96 bits per heavy atom. The molecule has 0 spiro atoms. The van der Waals surface area contributed by atoms with E-state index >= 15 is 0 Å². The molecule has 2 aromatic heterocycles. The minimum absolute atomic E-state index is 0.128. The maximum Gasteiger partial charge on any atom is 0.267 e. The van der Waals surface area contributed by atoms with Gasteiger partial charge in [-0.15, -0.1) is 0 Å². The summed E-state index contributed by atoms with van der Waals surface area (Å²) in [4.78, 5) is 31.8. The first-order valence-corrected chi connectivity index (χ1v) is 7.65. The summed E-state index contributed by atoms with van der Waals surface area (Å²) in [5, 5.41) is 9.81. The Labute approximate surface area is 139 Å². The van der Waals surface area contributed by atoms with Crippen molar-refractivity contribution in [2.45, 2.75) is 26.8 Å². The van der Waals surface area contributed by atoms with Crippen LogP contribution in [0.15, 0.2) is 41.6 Å². The van der Waals surface area contributed by atoms with Gasteiger partial charge in [-0.25, -0.2) is 14.6 Å². The predicted octanol–water partition coefficient (Wildman–Crippen LogP) is 1.17. The standard InChI is InChI=1S/C16H20N6O2/c1-4-11(3)20-16-18-8-12(9-19-16)13-6-7-15(24)22(21-13)10-14(23)17-5-2/h6-9H,3-5,10H2,1-2H3,(H,17,23)(H,18,19,20). The minimum atomic E-state index is -0.344. The molecule has 24 heavy (non-hydrogen) atoms. The molecule has 0 atom stereocenters. The van der Waals surface area contributed by atoms with E-state index in [1.807, 2.05) is 13.8 Å². The van der Waals surface area contributed by atoms with Gasteiger partial charge in [-0.3, -0.25) is 9.59 Å². The average molecular weight is 328 g/mol. The van der Waals surface area contributed by atoms with Crippen molar-refractivity contribution >= 4 is 11.9 Å². The second-order valence-electron chi connectivity index (χ2n) is 5.05. The maximum atomic E-state index is 11.8. The third kappa shape index (κ3) is 4.48. The van der Waals surface area contributed by atoms with E-state index in [1.54, 1.807) is 18.5 Å². The smallest absolute Gasteiger partial charge is 0.267 e. The Hall–Kier alpha value is -3.03. The lowest BCUT2D eigenvalue weighted by Crippen LogP contribution is -2.33. The number of likely N-dealkylation sites (N-methyl/N-ethyl adjacent to an activating group) is 1. The fraction of sp³-hybridized carbons (Fsp3) is 0.312. The molecule has 0 radical (unpaired) electrons.